The van der Waals surface area contributed by atoms with Gasteiger partial charge in [-0.25, -0.2) is 0 Å². The van der Waals surface area contributed by atoms with E-state index in [2.05, 4.69) is 5.32 Å². The molecule has 3 aromatic rings. The van der Waals surface area contributed by atoms with Crippen LogP contribution in [0.1, 0.15) is 47.9 Å². The number of benzene rings is 2. The van der Waals surface area contributed by atoms with Gasteiger partial charge in [0.05, 0.1) is 19.3 Å². The number of nitrogens with zero attached hydrogens (tertiary/aromatic N) is 2. The first-order valence-corrected chi connectivity index (χ1v) is 11.3. The average Bonchev–Trinajstić information content (AvgIpc) is 3.26. The zero-order chi connectivity index (χ0) is 23.5. The Balaban J connectivity index is 1.62. The van der Waals surface area contributed by atoms with E-state index in [4.69, 9.17) is 9.47 Å². The van der Waals surface area contributed by atoms with Gasteiger partial charge in [0.2, 0.25) is 5.91 Å². The standard InChI is InChI=1S/C26H31N3O4/c1-17(2)33-15-7-14-27-22(30)16-29-24(18-10-12-19(32-4)13-11-18)23-20-8-5-6-9-21(20)28(3)25(23)26(29)31/h5-6,8-13,17,24H,7,14-16H2,1-4H3,(H,27,30). The first-order chi connectivity index (χ1) is 15.9. The van der Waals surface area contributed by atoms with Gasteiger partial charge < -0.3 is 24.3 Å². The summed E-state index contributed by atoms with van der Waals surface area (Å²) in [7, 11) is 3.53. The number of hydrogen-bond acceptors (Lipinski definition) is 4. The van der Waals surface area contributed by atoms with Crippen LogP contribution in [-0.2, 0) is 16.6 Å². The Kier molecular flexibility index (Phi) is 6.70. The summed E-state index contributed by atoms with van der Waals surface area (Å²) < 4.78 is 12.8. The summed E-state index contributed by atoms with van der Waals surface area (Å²) in [5.74, 6) is 0.431. The third-order valence-corrected chi connectivity index (χ3v) is 6.03. The maximum atomic E-state index is 13.6. The molecule has 7 heteroatoms. The topological polar surface area (TPSA) is 72.8 Å². The van der Waals surface area contributed by atoms with E-state index < -0.39 is 0 Å². The van der Waals surface area contributed by atoms with Gasteiger partial charge in [-0.1, -0.05) is 30.3 Å². The number of fused-ring (bicyclic) bond motifs is 3. The van der Waals surface area contributed by atoms with Crippen LogP contribution in [0.2, 0.25) is 0 Å². The highest BCUT2D eigenvalue weighted by Crippen LogP contribution is 2.43. The van der Waals surface area contributed by atoms with Gasteiger partial charge in [-0.2, -0.15) is 0 Å². The van der Waals surface area contributed by atoms with Gasteiger partial charge in [0.25, 0.3) is 5.91 Å². The second-order valence-corrected chi connectivity index (χ2v) is 8.57. The zero-order valence-corrected chi connectivity index (χ0v) is 19.6. The normalized spacial score (nSPS) is 15.4. The minimum Gasteiger partial charge on any atom is -0.497 e. The first-order valence-electron chi connectivity index (χ1n) is 11.3. The molecule has 0 spiro atoms. The summed E-state index contributed by atoms with van der Waals surface area (Å²) in [6.45, 7) is 5.06. The SMILES string of the molecule is COc1ccc(C2c3c(n(C)c4ccccc34)C(=O)N2CC(=O)NCCCOC(C)C)cc1. The van der Waals surface area contributed by atoms with Gasteiger partial charge in [-0.15, -0.1) is 0 Å². The summed E-state index contributed by atoms with van der Waals surface area (Å²) in [5.41, 5.74) is 3.53. The smallest absolute Gasteiger partial charge is 0.272 e. The molecule has 174 valence electrons. The number of hydrogen-bond donors (Lipinski definition) is 1. The third kappa shape index (κ3) is 4.46. The monoisotopic (exact) mass is 449 g/mol. The molecule has 2 heterocycles. The minimum atomic E-state index is -0.348. The molecule has 1 atom stereocenters. The number of carbonyl (C=O) groups excluding carboxylic acids is 2. The average molecular weight is 450 g/mol. The summed E-state index contributed by atoms with van der Waals surface area (Å²) in [6.07, 6.45) is 0.895. The maximum Gasteiger partial charge on any atom is 0.272 e. The molecule has 2 amide bonds. The van der Waals surface area contributed by atoms with E-state index in [1.807, 2.05) is 74.0 Å². The summed E-state index contributed by atoms with van der Waals surface area (Å²) in [6, 6.07) is 15.3. The highest BCUT2D eigenvalue weighted by Gasteiger charge is 2.42. The molecule has 4 rings (SSSR count). The fraction of sp³-hybridized carbons (Fsp3) is 0.385. The largest absolute Gasteiger partial charge is 0.497 e. The summed E-state index contributed by atoms with van der Waals surface area (Å²) in [4.78, 5) is 28.0. The van der Waals surface area contributed by atoms with Gasteiger partial charge in [0.15, 0.2) is 0 Å². The van der Waals surface area contributed by atoms with Crippen molar-refractivity contribution in [3.05, 3.63) is 65.4 Å². The van der Waals surface area contributed by atoms with Crippen molar-refractivity contribution in [2.75, 3.05) is 26.8 Å². The van der Waals surface area contributed by atoms with Crippen LogP contribution in [0.3, 0.4) is 0 Å². The predicted molar refractivity (Wildman–Crippen MR) is 128 cm³/mol. The lowest BCUT2D eigenvalue weighted by Crippen LogP contribution is -2.40. The number of ether oxygens (including phenoxy) is 2. The van der Waals surface area contributed by atoms with Crippen molar-refractivity contribution in [2.24, 2.45) is 7.05 Å². The number of methoxy groups -OCH3 is 1. The van der Waals surface area contributed by atoms with E-state index in [1.54, 1.807) is 12.0 Å². The molecule has 1 aromatic heterocycles. The first kappa shape index (κ1) is 22.9. The molecular formula is C26H31N3O4. The summed E-state index contributed by atoms with van der Waals surface area (Å²) in [5, 5.41) is 3.95. The molecule has 0 radical (unpaired) electrons. The minimum absolute atomic E-state index is 0.0103. The Hall–Kier alpha value is -3.32. The van der Waals surface area contributed by atoms with Gasteiger partial charge in [0.1, 0.15) is 18.0 Å². The Bertz CT molecular complexity index is 1150. The van der Waals surface area contributed by atoms with E-state index in [9.17, 15) is 9.59 Å². The van der Waals surface area contributed by atoms with Crippen LogP contribution in [0.25, 0.3) is 10.9 Å². The predicted octanol–water partition coefficient (Wildman–Crippen LogP) is 3.66. The Morgan fingerprint density at radius 3 is 2.55 bits per heavy atom. The molecule has 7 nitrogen and oxygen atoms in total. The van der Waals surface area contributed by atoms with Crippen molar-refractivity contribution in [3.8, 4) is 5.75 Å². The van der Waals surface area contributed by atoms with Gasteiger partial charge >= 0.3 is 0 Å². The molecule has 0 saturated heterocycles. The highest BCUT2D eigenvalue weighted by molar-refractivity contribution is 6.07. The molecule has 0 bridgehead atoms. The van der Waals surface area contributed by atoms with E-state index in [0.29, 0.717) is 18.8 Å². The van der Waals surface area contributed by atoms with E-state index in [1.165, 1.54) is 0 Å². The number of amides is 2. The van der Waals surface area contributed by atoms with Crippen LogP contribution >= 0.6 is 0 Å². The van der Waals surface area contributed by atoms with Crippen LogP contribution in [0, 0.1) is 0 Å². The number of nitrogens with one attached hydrogen (secondary N) is 1. The van der Waals surface area contributed by atoms with E-state index in [0.717, 1.165) is 34.2 Å². The van der Waals surface area contributed by atoms with Crippen LogP contribution in [-0.4, -0.2) is 54.2 Å². The molecule has 1 N–H and O–H groups in total. The zero-order valence-electron chi connectivity index (χ0n) is 19.6. The number of rotatable bonds is 9. The van der Waals surface area contributed by atoms with Crippen molar-refractivity contribution in [1.82, 2.24) is 14.8 Å². The molecule has 0 fully saturated rings. The molecule has 2 aromatic carbocycles. The van der Waals surface area contributed by atoms with E-state index in [-0.39, 0.29) is 30.5 Å². The summed E-state index contributed by atoms with van der Waals surface area (Å²) >= 11 is 0. The quantitative estimate of drug-likeness (QED) is 0.506. The third-order valence-electron chi connectivity index (χ3n) is 6.03. The van der Waals surface area contributed by atoms with E-state index >= 15 is 0 Å². The Labute approximate surface area is 194 Å². The molecule has 33 heavy (non-hydrogen) atoms. The fourth-order valence-electron chi connectivity index (χ4n) is 4.49. The lowest BCUT2D eigenvalue weighted by molar-refractivity contribution is -0.122. The van der Waals surface area contributed by atoms with Crippen LogP contribution < -0.4 is 10.1 Å². The number of carbonyl (C=O) groups is 2. The Morgan fingerprint density at radius 2 is 1.85 bits per heavy atom. The molecule has 0 saturated carbocycles. The molecular weight excluding hydrogens is 418 g/mol. The molecule has 1 unspecified atom stereocenters. The maximum absolute atomic E-state index is 13.6. The van der Waals surface area contributed by atoms with Crippen molar-refractivity contribution in [3.63, 3.8) is 0 Å². The molecule has 1 aliphatic heterocycles. The number of aromatic nitrogens is 1. The van der Waals surface area contributed by atoms with Crippen molar-refractivity contribution in [2.45, 2.75) is 32.4 Å². The number of aryl methyl sites for hydroxylation is 1. The van der Waals surface area contributed by atoms with Crippen LogP contribution in [0.15, 0.2) is 48.5 Å². The van der Waals surface area contributed by atoms with Gasteiger partial charge in [0, 0.05) is 36.7 Å². The van der Waals surface area contributed by atoms with Crippen LogP contribution in [0.4, 0.5) is 0 Å². The van der Waals surface area contributed by atoms with Crippen molar-refractivity contribution in [1.29, 1.82) is 0 Å². The Morgan fingerprint density at radius 1 is 1.12 bits per heavy atom. The highest BCUT2D eigenvalue weighted by atomic mass is 16.5. The van der Waals surface area contributed by atoms with Crippen molar-refractivity contribution < 1.29 is 19.1 Å². The van der Waals surface area contributed by atoms with Crippen LogP contribution in [0.5, 0.6) is 5.75 Å². The van der Waals surface area contributed by atoms with Gasteiger partial charge in [-0.3, -0.25) is 9.59 Å². The number of para-hydroxylation sites is 1. The van der Waals surface area contributed by atoms with Gasteiger partial charge in [-0.05, 0) is 44.0 Å². The molecule has 1 aliphatic rings. The molecule has 0 aliphatic carbocycles. The lowest BCUT2D eigenvalue weighted by Gasteiger charge is -2.26. The van der Waals surface area contributed by atoms with Crippen molar-refractivity contribution >= 4 is 22.7 Å². The second kappa shape index (κ2) is 9.67. The lowest BCUT2D eigenvalue weighted by atomic mass is 9.98. The second-order valence-electron chi connectivity index (χ2n) is 8.57. The fourth-order valence-corrected chi connectivity index (χ4v) is 4.49.